The van der Waals surface area contributed by atoms with Crippen LogP contribution in [0.15, 0.2) is 36.5 Å². The lowest BCUT2D eigenvalue weighted by Crippen LogP contribution is -2.05. The summed E-state index contributed by atoms with van der Waals surface area (Å²) in [6, 6.07) is 4.52. The van der Waals surface area contributed by atoms with E-state index in [-0.39, 0.29) is 22.8 Å². The number of aromatic nitrogens is 2. The summed E-state index contributed by atoms with van der Waals surface area (Å²) in [5, 5.41) is 0. The molecule has 4 nitrogen and oxygen atoms in total. The second-order valence-corrected chi connectivity index (χ2v) is 5.75. The fourth-order valence-electron chi connectivity index (χ4n) is 2.59. The minimum absolute atomic E-state index is 0.0624. The van der Waals surface area contributed by atoms with Crippen LogP contribution >= 0.6 is 0 Å². The van der Waals surface area contributed by atoms with E-state index >= 15 is 0 Å². The highest BCUT2D eigenvalue weighted by atomic mass is 19.4. The number of nitrogens with zero attached hydrogens (tertiary/aromatic N) is 2. The average molecular weight is 414 g/mol. The first-order valence-electron chi connectivity index (χ1n) is 7.98. The number of methoxy groups -OCH3 is 2. The van der Waals surface area contributed by atoms with Gasteiger partial charge in [0.15, 0.2) is 29.0 Å². The second-order valence-electron chi connectivity index (χ2n) is 5.75. The molecule has 0 atom stereocenters. The Morgan fingerprint density at radius 3 is 2.10 bits per heavy atom. The van der Waals surface area contributed by atoms with Crippen LogP contribution in [-0.2, 0) is 6.18 Å². The van der Waals surface area contributed by atoms with E-state index in [9.17, 15) is 26.3 Å². The maximum absolute atomic E-state index is 14.7. The average Bonchev–Trinajstić information content (AvgIpc) is 2.70. The summed E-state index contributed by atoms with van der Waals surface area (Å²) in [4.78, 5) is 8.05. The Morgan fingerprint density at radius 2 is 1.55 bits per heavy atom. The molecule has 3 aromatic rings. The zero-order chi connectivity index (χ0) is 21.3. The van der Waals surface area contributed by atoms with E-state index in [4.69, 9.17) is 4.74 Å². The first-order chi connectivity index (χ1) is 13.7. The lowest BCUT2D eigenvalue weighted by Gasteiger charge is -2.13. The lowest BCUT2D eigenvalue weighted by molar-refractivity contribution is -0.137. The first kappa shape index (κ1) is 20.4. The molecule has 1 aromatic heterocycles. The highest BCUT2D eigenvalue weighted by Crippen LogP contribution is 2.37. The quantitative estimate of drug-likeness (QED) is 0.431. The largest absolute Gasteiger partial charge is 0.493 e. The molecule has 0 bridgehead atoms. The van der Waals surface area contributed by atoms with Crippen molar-refractivity contribution in [2.75, 3.05) is 14.2 Å². The molecular weight excluding hydrogens is 402 g/mol. The van der Waals surface area contributed by atoms with Gasteiger partial charge in [-0.25, -0.2) is 18.7 Å². The van der Waals surface area contributed by atoms with E-state index in [0.29, 0.717) is 6.07 Å². The fraction of sp³-hybridized carbons (Fsp3) is 0.158. The van der Waals surface area contributed by atoms with Crippen LogP contribution in [0, 0.1) is 17.5 Å². The van der Waals surface area contributed by atoms with Crippen molar-refractivity contribution in [1.82, 2.24) is 9.97 Å². The van der Waals surface area contributed by atoms with Crippen LogP contribution in [0.5, 0.6) is 11.5 Å². The number of hydrogen-bond donors (Lipinski definition) is 0. The third-order valence-electron chi connectivity index (χ3n) is 4.02. The van der Waals surface area contributed by atoms with Crippen molar-refractivity contribution in [3.63, 3.8) is 0 Å². The smallest absolute Gasteiger partial charge is 0.416 e. The second kappa shape index (κ2) is 7.61. The van der Waals surface area contributed by atoms with Gasteiger partial charge in [0.1, 0.15) is 5.69 Å². The minimum atomic E-state index is -4.52. The van der Waals surface area contributed by atoms with Crippen molar-refractivity contribution in [3.05, 3.63) is 59.5 Å². The topological polar surface area (TPSA) is 44.2 Å². The Labute approximate surface area is 160 Å². The standard InChI is InChI=1S/C19H12F6N2O2/c1-28-13-8-26-18(9-3-5-10(6-4-9)19(23,24)25)27-16(13)11-7-12(20)15(22)17(29-2)14(11)21/h3-8H,1-2H3. The van der Waals surface area contributed by atoms with Gasteiger partial charge in [-0.3, -0.25) is 0 Å². The molecule has 0 spiro atoms. The van der Waals surface area contributed by atoms with Gasteiger partial charge in [-0.2, -0.15) is 17.6 Å². The van der Waals surface area contributed by atoms with Crippen molar-refractivity contribution in [3.8, 4) is 34.1 Å². The van der Waals surface area contributed by atoms with E-state index < -0.39 is 40.5 Å². The molecule has 0 aliphatic carbocycles. The van der Waals surface area contributed by atoms with Crippen molar-refractivity contribution >= 4 is 0 Å². The normalized spacial score (nSPS) is 11.4. The van der Waals surface area contributed by atoms with E-state index in [1.807, 2.05) is 0 Å². The molecule has 0 unspecified atom stereocenters. The molecule has 3 rings (SSSR count). The maximum Gasteiger partial charge on any atom is 0.416 e. The van der Waals surface area contributed by atoms with Crippen molar-refractivity contribution in [2.24, 2.45) is 0 Å². The third kappa shape index (κ3) is 3.82. The van der Waals surface area contributed by atoms with Gasteiger partial charge in [-0.1, -0.05) is 12.1 Å². The number of benzene rings is 2. The van der Waals surface area contributed by atoms with Gasteiger partial charge in [0.05, 0.1) is 26.0 Å². The van der Waals surface area contributed by atoms with Gasteiger partial charge in [0.25, 0.3) is 0 Å². The summed E-state index contributed by atoms with van der Waals surface area (Å²) in [5.41, 5.74) is -1.37. The number of hydrogen-bond acceptors (Lipinski definition) is 4. The summed E-state index contributed by atoms with van der Waals surface area (Å²) in [5.74, 6) is -5.19. The molecule has 0 amide bonds. The number of rotatable bonds is 4. The van der Waals surface area contributed by atoms with E-state index in [1.54, 1.807) is 0 Å². The maximum atomic E-state index is 14.7. The molecule has 0 aliphatic heterocycles. The Morgan fingerprint density at radius 1 is 0.897 bits per heavy atom. The molecular formula is C19H12F6N2O2. The van der Waals surface area contributed by atoms with Gasteiger partial charge in [0, 0.05) is 11.1 Å². The molecule has 29 heavy (non-hydrogen) atoms. The summed E-state index contributed by atoms with van der Waals surface area (Å²) in [6.45, 7) is 0. The Bertz CT molecular complexity index is 1050. The van der Waals surface area contributed by atoms with Crippen LogP contribution < -0.4 is 9.47 Å². The van der Waals surface area contributed by atoms with Crippen LogP contribution in [0.4, 0.5) is 26.3 Å². The van der Waals surface area contributed by atoms with Gasteiger partial charge in [-0.15, -0.1) is 0 Å². The Balaban J connectivity index is 2.16. The van der Waals surface area contributed by atoms with Crippen LogP contribution in [-0.4, -0.2) is 24.2 Å². The molecule has 0 aliphatic rings. The van der Waals surface area contributed by atoms with E-state index in [1.165, 1.54) is 7.11 Å². The first-order valence-corrected chi connectivity index (χ1v) is 7.98. The summed E-state index contributed by atoms with van der Waals surface area (Å²) in [6.07, 6.45) is -3.38. The minimum Gasteiger partial charge on any atom is -0.493 e. The van der Waals surface area contributed by atoms with Crippen molar-refractivity contribution < 1.29 is 35.8 Å². The molecule has 10 heteroatoms. The van der Waals surface area contributed by atoms with Crippen molar-refractivity contribution in [1.29, 1.82) is 0 Å². The van der Waals surface area contributed by atoms with Crippen LogP contribution in [0.2, 0.25) is 0 Å². The summed E-state index contributed by atoms with van der Waals surface area (Å²) < 4.78 is 90.1. The molecule has 0 saturated carbocycles. The third-order valence-corrected chi connectivity index (χ3v) is 4.02. The SMILES string of the molecule is COc1cnc(-c2ccc(C(F)(F)F)cc2)nc1-c1cc(F)c(F)c(OC)c1F. The Hall–Kier alpha value is -3.30. The van der Waals surface area contributed by atoms with E-state index in [0.717, 1.165) is 37.6 Å². The zero-order valence-electron chi connectivity index (χ0n) is 14.9. The molecule has 0 fully saturated rings. The molecule has 1 heterocycles. The van der Waals surface area contributed by atoms with Crippen molar-refractivity contribution in [2.45, 2.75) is 6.18 Å². The highest BCUT2D eigenvalue weighted by molar-refractivity contribution is 5.71. The van der Waals surface area contributed by atoms with Gasteiger partial charge >= 0.3 is 6.18 Å². The van der Waals surface area contributed by atoms with E-state index in [2.05, 4.69) is 14.7 Å². The monoisotopic (exact) mass is 414 g/mol. The molecule has 0 saturated heterocycles. The lowest BCUT2D eigenvalue weighted by atomic mass is 10.1. The van der Waals surface area contributed by atoms with Crippen LogP contribution in [0.1, 0.15) is 5.56 Å². The van der Waals surface area contributed by atoms with Gasteiger partial charge in [-0.05, 0) is 18.2 Å². The summed E-state index contributed by atoms with van der Waals surface area (Å²) in [7, 11) is 2.20. The predicted octanol–water partition coefficient (Wildman–Crippen LogP) is 5.26. The summed E-state index contributed by atoms with van der Waals surface area (Å²) >= 11 is 0. The number of ether oxygens (including phenoxy) is 2. The van der Waals surface area contributed by atoms with Gasteiger partial charge in [0.2, 0.25) is 5.82 Å². The Kier molecular flexibility index (Phi) is 5.36. The number of halogens is 6. The molecule has 0 radical (unpaired) electrons. The van der Waals surface area contributed by atoms with Gasteiger partial charge < -0.3 is 9.47 Å². The number of alkyl halides is 3. The fourth-order valence-corrected chi connectivity index (χ4v) is 2.59. The predicted molar refractivity (Wildman–Crippen MR) is 90.9 cm³/mol. The van der Waals surface area contributed by atoms with Crippen LogP contribution in [0.3, 0.4) is 0 Å². The molecule has 0 N–H and O–H groups in total. The van der Waals surface area contributed by atoms with Crippen LogP contribution in [0.25, 0.3) is 22.6 Å². The highest BCUT2D eigenvalue weighted by Gasteiger charge is 2.30. The molecule has 152 valence electrons. The molecule has 2 aromatic carbocycles. The zero-order valence-corrected chi connectivity index (χ0v) is 14.9.